The molecule has 0 N–H and O–H groups in total. The molecule has 2 rings (SSSR count). The summed E-state index contributed by atoms with van der Waals surface area (Å²) in [5.41, 5.74) is 2.05. The third-order valence-corrected chi connectivity index (χ3v) is 7.28. The van der Waals surface area contributed by atoms with Gasteiger partial charge in [0.05, 0.1) is 18.4 Å². The highest BCUT2D eigenvalue weighted by Crippen LogP contribution is 2.19. The highest BCUT2D eigenvalue weighted by molar-refractivity contribution is 7.07. The molecule has 0 aliphatic carbocycles. The molecule has 2 heterocycles. The smallest absolute Gasteiger partial charge is 0.306 e. The van der Waals surface area contributed by atoms with Crippen LogP contribution in [0.1, 0.15) is 122 Å². The Hall–Kier alpha value is -0.980. The Balaban J connectivity index is 1.31. The maximum Gasteiger partial charge on any atom is 0.306 e. The van der Waals surface area contributed by atoms with Gasteiger partial charge < -0.3 is 14.2 Å². The predicted octanol–water partition coefficient (Wildman–Crippen LogP) is 7.36. The van der Waals surface area contributed by atoms with Crippen molar-refractivity contribution in [3.63, 3.8) is 0 Å². The van der Waals surface area contributed by atoms with Crippen molar-refractivity contribution in [1.29, 1.82) is 0 Å². The first-order valence-corrected chi connectivity index (χ1v) is 15.1. The molecular weight excluding hydrogens is 446 g/mol. The maximum atomic E-state index is 11.9. The summed E-state index contributed by atoms with van der Waals surface area (Å²) in [7, 11) is 0. The van der Waals surface area contributed by atoms with E-state index in [0.717, 1.165) is 25.8 Å². The molecule has 1 aromatic heterocycles. The van der Waals surface area contributed by atoms with Crippen molar-refractivity contribution in [1.82, 2.24) is 0 Å². The summed E-state index contributed by atoms with van der Waals surface area (Å²) in [6.07, 6.45) is 24.6. The molecule has 1 fully saturated rings. The summed E-state index contributed by atoms with van der Waals surface area (Å²) < 4.78 is 19.1. The van der Waals surface area contributed by atoms with Crippen LogP contribution in [0.5, 0.6) is 0 Å². The molecule has 0 bridgehead atoms. The molecule has 0 spiro atoms. The largest absolute Gasteiger partial charge is 0.463 e. The molecule has 1 aliphatic heterocycles. The topological polar surface area (TPSA) is 48.6 Å². The predicted molar refractivity (Wildman–Crippen MR) is 139 cm³/mol. The number of hydrogen-bond acceptors (Lipinski definition) is 5. The molecule has 2 unspecified atom stereocenters. The SMILES string of the molecule is CCCCCCCCCCCCCCCCCC1OCC(COC(=O)CCC[n+]2ccsc2)O1. The summed E-state index contributed by atoms with van der Waals surface area (Å²) in [6, 6.07) is 0. The van der Waals surface area contributed by atoms with E-state index in [9.17, 15) is 4.79 Å². The number of rotatable bonds is 22. The Bertz CT molecular complexity index is 595. The van der Waals surface area contributed by atoms with Gasteiger partial charge in [0.1, 0.15) is 19.3 Å². The summed E-state index contributed by atoms with van der Waals surface area (Å²) in [6.45, 7) is 3.97. The van der Waals surface area contributed by atoms with Gasteiger partial charge in [0.2, 0.25) is 5.51 Å². The second-order valence-electron chi connectivity index (χ2n) is 9.81. The third kappa shape index (κ3) is 15.1. The van der Waals surface area contributed by atoms with Gasteiger partial charge in [0, 0.05) is 6.42 Å². The highest BCUT2D eigenvalue weighted by atomic mass is 32.1. The lowest BCUT2D eigenvalue weighted by molar-refractivity contribution is -0.692. The Morgan fingerprint density at radius 2 is 1.53 bits per heavy atom. The van der Waals surface area contributed by atoms with Gasteiger partial charge in [0.25, 0.3) is 0 Å². The maximum absolute atomic E-state index is 11.9. The molecule has 1 saturated heterocycles. The van der Waals surface area contributed by atoms with E-state index >= 15 is 0 Å². The van der Waals surface area contributed by atoms with Gasteiger partial charge in [-0.2, -0.15) is 4.57 Å². The number of ether oxygens (including phenoxy) is 3. The second-order valence-corrected chi connectivity index (χ2v) is 10.6. The van der Waals surface area contributed by atoms with Gasteiger partial charge in [-0.05, 0) is 12.8 Å². The molecule has 196 valence electrons. The van der Waals surface area contributed by atoms with Crippen LogP contribution in [0.2, 0.25) is 0 Å². The van der Waals surface area contributed by atoms with Crippen LogP contribution in [-0.4, -0.2) is 31.6 Å². The average Bonchev–Trinajstić information content (AvgIpc) is 3.52. The van der Waals surface area contributed by atoms with Crippen LogP contribution in [0.4, 0.5) is 0 Å². The first-order valence-electron chi connectivity index (χ1n) is 14.1. The van der Waals surface area contributed by atoms with E-state index < -0.39 is 0 Å². The van der Waals surface area contributed by atoms with Crippen molar-refractivity contribution in [2.24, 2.45) is 0 Å². The molecule has 6 heteroatoms. The van der Waals surface area contributed by atoms with Crippen LogP contribution in [0, 0.1) is 0 Å². The van der Waals surface area contributed by atoms with E-state index in [2.05, 4.69) is 11.5 Å². The van der Waals surface area contributed by atoms with Crippen molar-refractivity contribution in [2.45, 2.75) is 141 Å². The van der Waals surface area contributed by atoms with Crippen molar-refractivity contribution in [2.75, 3.05) is 13.2 Å². The standard InChI is InChI=1S/C28H50NO4S/c1-2-3-4-5-6-7-8-9-10-11-12-13-14-15-16-19-28-32-24-26(33-28)23-31-27(30)18-17-20-29-21-22-34-25-29/h21-22,25-26,28H,2-20,23-24H2,1H3/q+1. The lowest BCUT2D eigenvalue weighted by Gasteiger charge is -2.12. The Morgan fingerprint density at radius 1 is 0.912 bits per heavy atom. The summed E-state index contributed by atoms with van der Waals surface area (Å²) in [4.78, 5) is 11.9. The molecule has 1 aromatic rings. The molecule has 0 amide bonds. The molecule has 2 atom stereocenters. The van der Waals surface area contributed by atoms with E-state index in [1.54, 1.807) is 11.3 Å². The van der Waals surface area contributed by atoms with E-state index in [0.29, 0.717) is 19.6 Å². The average molecular weight is 497 g/mol. The minimum absolute atomic E-state index is 0.114. The van der Waals surface area contributed by atoms with E-state index in [4.69, 9.17) is 14.2 Å². The van der Waals surface area contributed by atoms with Crippen LogP contribution in [-0.2, 0) is 25.5 Å². The molecule has 5 nitrogen and oxygen atoms in total. The minimum atomic E-state index is -0.148. The summed E-state index contributed by atoms with van der Waals surface area (Å²) in [5, 5.41) is 2.03. The number of aromatic nitrogens is 1. The Morgan fingerprint density at radius 3 is 2.12 bits per heavy atom. The normalized spacial score (nSPS) is 17.9. The lowest BCUT2D eigenvalue weighted by Crippen LogP contribution is -2.30. The zero-order valence-electron chi connectivity index (χ0n) is 21.7. The van der Waals surface area contributed by atoms with Crippen molar-refractivity contribution in [3.05, 3.63) is 17.1 Å². The fraction of sp³-hybridized carbons (Fsp3) is 0.857. The van der Waals surface area contributed by atoms with Crippen LogP contribution in [0.3, 0.4) is 0 Å². The first-order chi connectivity index (χ1) is 16.8. The van der Waals surface area contributed by atoms with Crippen LogP contribution in [0.15, 0.2) is 17.1 Å². The quantitative estimate of drug-likeness (QED) is 0.0955. The van der Waals surface area contributed by atoms with Crippen LogP contribution in [0.25, 0.3) is 0 Å². The zero-order valence-corrected chi connectivity index (χ0v) is 22.5. The second kappa shape index (κ2) is 20.2. The fourth-order valence-corrected chi connectivity index (χ4v) is 5.11. The highest BCUT2D eigenvalue weighted by Gasteiger charge is 2.26. The van der Waals surface area contributed by atoms with E-state index in [1.807, 2.05) is 17.1 Å². The molecule has 0 saturated carbocycles. The zero-order chi connectivity index (χ0) is 24.1. The van der Waals surface area contributed by atoms with Crippen molar-refractivity contribution < 1.29 is 23.6 Å². The molecular formula is C28H50NO4S+. The van der Waals surface area contributed by atoms with Gasteiger partial charge in [0.15, 0.2) is 12.5 Å². The van der Waals surface area contributed by atoms with Crippen molar-refractivity contribution >= 4 is 17.3 Å². The van der Waals surface area contributed by atoms with Crippen molar-refractivity contribution in [3.8, 4) is 0 Å². The fourth-order valence-electron chi connectivity index (χ4n) is 4.48. The number of nitrogens with zero attached hydrogens (tertiary/aromatic N) is 1. The van der Waals surface area contributed by atoms with Crippen LogP contribution >= 0.6 is 11.3 Å². The molecule has 0 aromatic carbocycles. The minimum Gasteiger partial charge on any atom is -0.463 e. The molecule has 1 aliphatic rings. The Labute approximate surface area is 212 Å². The van der Waals surface area contributed by atoms with Gasteiger partial charge in [-0.1, -0.05) is 108 Å². The van der Waals surface area contributed by atoms with E-state index in [1.165, 1.54) is 89.9 Å². The van der Waals surface area contributed by atoms with Gasteiger partial charge in [-0.25, -0.2) is 0 Å². The summed E-state index contributed by atoms with van der Waals surface area (Å²) in [5.74, 6) is -0.148. The number of hydrogen-bond donors (Lipinski definition) is 0. The third-order valence-electron chi connectivity index (χ3n) is 6.61. The van der Waals surface area contributed by atoms with Gasteiger partial charge in [-0.15, -0.1) is 0 Å². The lowest BCUT2D eigenvalue weighted by atomic mass is 10.0. The van der Waals surface area contributed by atoms with Gasteiger partial charge in [-0.3, -0.25) is 4.79 Å². The first kappa shape index (κ1) is 29.3. The number of aryl methyl sites for hydroxylation is 1. The van der Waals surface area contributed by atoms with E-state index in [-0.39, 0.29) is 18.4 Å². The monoisotopic (exact) mass is 496 g/mol. The number of carbonyl (C=O) groups excluding carboxylic acids is 1. The van der Waals surface area contributed by atoms with Gasteiger partial charge >= 0.3 is 5.97 Å². The number of carbonyl (C=O) groups is 1. The molecule has 0 radical (unpaired) electrons. The number of thiazole rings is 1. The molecule has 34 heavy (non-hydrogen) atoms. The van der Waals surface area contributed by atoms with Crippen LogP contribution < -0.4 is 4.57 Å². The Kier molecular flexibility index (Phi) is 17.4. The number of esters is 1. The number of unbranched alkanes of at least 4 members (excludes halogenated alkanes) is 14. The summed E-state index contributed by atoms with van der Waals surface area (Å²) >= 11 is 1.66.